The van der Waals surface area contributed by atoms with Gasteiger partial charge in [0.1, 0.15) is 18.4 Å². The number of nitro benzene ring substituents is 1. The molecule has 0 fully saturated rings. The van der Waals surface area contributed by atoms with Gasteiger partial charge >= 0.3 is 5.51 Å². The first-order valence-corrected chi connectivity index (χ1v) is 9.30. The molecule has 1 N–H and O–H groups in total. The van der Waals surface area contributed by atoms with E-state index in [1.54, 1.807) is 24.3 Å². The fraction of sp³-hybridized carbons (Fsp3) is 0.250. The van der Waals surface area contributed by atoms with Crippen LogP contribution in [0, 0.1) is 10.1 Å². The summed E-state index contributed by atoms with van der Waals surface area (Å²) in [5.41, 5.74) is -6.51. The third-order valence-electron chi connectivity index (χ3n) is 3.87. The molecule has 0 bridgehead atoms. The van der Waals surface area contributed by atoms with Gasteiger partial charge in [-0.3, -0.25) is 10.1 Å². The van der Waals surface area contributed by atoms with Crippen molar-refractivity contribution in [3.05, 3.63) is 52.6 Å². The van der Waals surface area contributed by atoms with Gasteiger partial charge in [0.25, 0.3) is 15.5 Å². The average Bonchev–Trinajstić information content (AvgIpc) is 2.65. The molecule has 0 aromatic heterocycles. The zero-order chi connectivity index (χ0) is 20.5. The first-order valence-electron chi connectivity index (χ1n) is 7.82. The van der Waals surface area contributed by atoms with E-state index >= 15 is 0 Å². The number of nitro groups is 1. The van der Waals surface area contributed by atoms with Crippen molar-refractivity contribution in [3.8, 4) is 11.5 Å². The molecule has 0 saturated carbocycles. The van der Waals surface area contributed by atoms with Gasteiger partial charge in [-0.1, -0.05) is 12.1 Å². The summed E-state index contributed by atoms with van der Waals surface area (Å²) in [5, 5.41) is 13.9. The molecule has 2 aromatic rings. The Bertz CT molecular complexity index is 1010. The highest BCUT2D eigenvalue weighted by Gasteiger charge is 2.47. The molecular formula is C16H13F3N2O6S. The number of sulfone groups is 1. The topological polar surface area (TPSA) is 108 Å². The van der Waals surface area contributed by atoms with E-state index < -0.39 is 37.0 Å². The summed E-state index contributed by atoms with van der Waals surface area (Å²) in [6, 6.07) is 8.84. The zero-order valence-corrected chi connectivity index (χ0v) is 14.8. The number of fused-ring (bicyclic) bond motifs is 1. The molecule has 12 heteroatoms. The Hall–Kier alpha value is -3.02. The monoisotopic (exact) mass is 418 g/mol. The Morgan fingerprint density at radius 2 is 1.86 bits per heavy atom. The maximum Gasteiger partial charge on any atom is 0.501 e. The van der Waals surface area contributed by atoms with Crippen LogP contribution in [0.2, 0.25) is 0 Å². The number of rotatable bonds is 5. The molecule has 150 valence electrons. The molecular weight excluding hydrogens is 405 g/mol. The molecule has 2 aromatic carbocycles. The quantitative estimate of drug-likeness (QED) is 0.587. The number of alkyl halides is 3. The molecule has 1 heterocycles. The normalized spacial score (nSPS) is 16.5. The summed E-state index contributed by atoms with van der Waals surface area (Å²) in [5.74, 6) is 1.04. The molecule has 0 aliphatic carbocycles. The molecule has 0 unspecified atom stereocenters. The number of halogens is 3. The van der Waals surface area contributed by atoms with Gasteiger partial charge < -0.3 is 14.8 Å². The lowest BCUT2D eigenvalue weighted by molar-refractivity contribution is -0.384. The summed E-state index contributed by atoms with van der Waals surface area (Å²) < 4.78 is 72.1. The Balaban J connectivity index is 1.79. The number of hydrogen-bond donors (Lipinski definition) is 1. The Labute approximate surface area is 156 Å². The Morgan fingerprint density at radius 3 is 2.50 bits per heavy atom. The molecule has 0 amide bonds. The third-order valence-corrected chi connectivity index (χ3v) is 5.35. The van der Waals surface area contributed by atoms with Gasteiger partial charge in [-0.15, -0.1) is 0 Å². The number of nitrogens with zero attached hydrogens (tertiary/aromatic N) is 1. The van der Waals surface area contributed by atoms with Crippen molar-refractivity contribution in [1.29, 1.82) is 0 Å². The van der Waals surface area contributed by atoms with Crippen LogP contribution in [0.1, 0.15) is 0 Å². The van der Waals surface area contributed by atoms with Gasteiger partial charge in [-0.25, -0.2) is 8.42 Å². The van der Waals surface area contributed by atoms with Crippen LogP contribution in [0.3, 0.4) is 0 Å². The van der Waals surface area contributed by atoms with E-state index in [-0.39, 0.29) is 18.8 Å². The molecule has 8 nitrogen and oxygen atoms in total. The van der Waals surface area contributed by atoms with Crippen LogP contribution in [0.4, 0.5) is 24.5 Å². The molecule has 1 aliphatic rings. The summed E-state index contributed by atoms with van der Waals surface area (Å²) >= 11 is 0. The van der Waals surface area contributed by atoms with Gasteiger partial charge in [0, 0.05) is 6.07 Å². The van der Waals surface area contributed by atoms with Crippen molar-refractivity contribution in [2.45, 2.75) is 16.5 Å². The van der Waals surface area contributed by atoms with E-state index in [0.717, 1.165) is 6.07 Å². The summed E-state index contributed by atoms with van der Waals surface area (Å²) in [6.07, 6.45) is -0.520. The molecule has 0 radical (unpaired) electrons. The van der Waals surface area contributed by atoms with Crippen LogP contribution in [-0.4, -0.2) is 38.1 Å². The third kappa shape index (κ3) is 3.81. The molecule has 1 atom stereocenters. The van der Waals surface area contributed by atoms with Crippen LogP contribution in [-0.2, 0) is 9.84 Å². The molecule has 3 rings (SSSR count). The molecule has 0 saturated heterocycles. The van der Waals surface area contributed by atoms with Crippen LogP contribution in [0.5, 0.6) is 11.5 Å². The smallest absolute Gasteiger partial charge is 0.486 e. The van der Waals surface area contributed by atoms with Crippen molar-refractivity contribution >= 4 is 21.2 Å². The van der Waals surface area contributed by atoms with Crippen molar-refractivity contribution < 1.29 is 36.0 Å². The predicted octanol–water partition coefficient (Wildman–Crippen LogP) is 3.14. The second-order valence-electron chi connectivity index (χ2n) is 5.76. The van der Waals surface area contributed by atoms with E-state index in [2.05, 4.69) is 5.32 Å². The lowest BCUT2D eigenvalue weighted by Gasteiger charge is -2.26. The van der Waals surface area contributed by atoms with E-state index in [1.165, 1.54) is 0 Å². The zero-order valence-electron chi connectivity index (χ0n) is 14.0. The first kappa shape index (κ1) is 19.7. The SMILES string of the molecule is O=[N+]([O-])c1cc(S(=O)(=O)C(F)(F)F)ccc1NC[C@H]1COc2ccccc2O1. The van der Waals surface area contributed by atoms with Crippen molar-refractivity contribution in [3.63, 3.8) is 0 Å². The summed E-state index contributed by atoms with van der Waals surface area (Å²) in [4.78, 5) is 9.03. The van der Waals surface area contributed by atoms with Crippen molar-refractivity contribution in [2.24, 2.45) is 0 Å². The fourth-order valence-electron chi connectivity index (χ4n) is 2.50. The Kier molecular flexibility index (Phi) is 5.06. The summed E-state index contributed by atoms with van der Waals surface area (Å²) in [7, 11) is -5.69. The second kappa shape index (κ2) is 7.19. The number of hydrogen-bond acceptors (Lipinski definition) is 7. The van der Waals surface area contributed by atoms with E-state index in [1.807, 2.05) is 0 Å². The lowest BCUT2D eigenvalue weighted by Crippen LogP contribution is -2.35. The van der Waals surface area contributed by atoms with Gasteiger partial charge in [0.05, 0.1) is 16.4 Å². The number of anilines is 1. The minimum absolute atomic E-state index is 0.0422. The highest BCUT2D eigenvalue weighted by atomic mass is 32.2. The van der Waals surface area contributed by atoms with Gasteiger partial charge in [-0.2, -0.15) is 13.2 Å². The minimum Gasteiger partial charge on any atom is -0.486 e. The van der Waals surface area contributed by atoms with Crippen LogP contribution < -0.4 is 14.8 Å². The van der Waals surface area contributed by atoms with Crippen molar-refractivity contribution in [1.82, 2.24) is 0 Å². The number of para-hydroxylation sites is 2. The number of nitrogens with one attached hydrogen (secondary N) is 1. The van der Waals surface area contributed by atoms with Crippen LogP contribution in [0.25, 0.3) is 0 Å². The largest absolute Gasteiger partial charge is 0.501 e. The second-order valence-corrected chi connectivity index (χ2v) is 7.70. The van der Waals surface area contributed by atoms with Crippen LogP contribution in [0.15, 0.2) is 47.4 Å². The predicted molar refractivity (Wildman–Crippen MR) is 91.2 cm³/mol. The van der Waals surface area contributed by atoms with Crippen molar-refractivity contribution in [2.75, 3.05) is 18.5 Å². The van der Waals surface area contributed by atoms with Gasteiger partial charge in [0.15, 0.2) is 11.5 Å². The molecule has 28 heavy (non-hydrogen) atoms. The fourth-order valence-corrected chi connectivity index (χ4v) is 3.28. The number of ether oxygens (including phenoxy) is 2. The van der Waals surface area contributed by atoms with E-state index in [0.29, 0.717) is 23.6 Å². The molecule has 1 aliphatic heterocycles. The number of benzene rings is 2. The highest BCUT2D eigenvalue weighted by Crippen LogP contribution is 2.35. The summed E-state index contributed by atoms with van der Waals surface area (Å²) in [6.45, 7) is 0.193. The standard InChI is InChI=1S/C16H13F3N2O6S/c17-16(18,19)28(24,25)11-5-6-12(13(7-11)21(22)23)20-8-10-9-26-14-3-1-2-4-15(14)27-10/h1-7,10,20H,8-9H2/t10-/m0/s1. The Morgan fingerprint density at radius 1 is 1.18 bits per heavy atom. The maximum atomic E-state index is 12.7. The maximum absolute atomic E-state index is 12.7. The molecule has 0 spiro atoms. The highest BCUT2D eigenvalue weighted by molar-refractivity contribution is 7.92. The first-order chi connectivity index (χ1) is 13.1. The van der Waals surface area contributed by atoms with Crippen LogP contribution >= 0.6 is 0 Å². The average molecular weight is 418 g/mol. The lowest BCUT2D eigenvalue weighted by atomic mass is 10.2. The van der Waals surface area contributed by atoms with E-state index in [4.69, 9.17) is 9.47 Å². The van der Waals surface area contributed by atoms with Gasteiger partial charge in [0.2, 0.25) is 0 Å². The van der Waals surface area contributed by atoms with Gasteiger partial charge in [-0.05, 0) is 24.3 Å². The van der Waals surface area contributed by atoms with E-state index in [9.17, 15) is 31.7 Å². The minimum atomic E-state index is -5.69.